The fourth-order valence-corrected chi connectivity index (χ4v) is 3.02. The maximum Gasteiger partial charge on any atom is 0.162 e. The molecule has 1 aliphatic carbocycles. The Bertz CT molecular complexity index is 646. The highest BCUT2D eigenvalue weighted by atomic mass is 79.9. The zero-order valence-electron chi connectivity index (χ0n) is 10.4. The van der Waals surface area contributed by atoms with E-state index in [0.29, 0.717) is 11.0 Å². The van der Waals surface area contributed by atoms with Crippen LogP contribution in [0.25, 0.3) is 11.4 Å². The fraction of sp³-hybridized carbons (Fsp3) is 0.286. The lowest BCUT2D eigenvalue weighted by Crippen LogP contribution is -1.98. The lowest BCUT2D eigenvalue weighted by Gasteiger charge is -2.09. The fourth-order valence-electron chi connectivity index (χ4n) is 2.31. The minimum atomic E-state index is 0.576. The monoisotopic (exact) mass is 338 g/mol. The molecule has 0 aliphatic heterocycles. The van der Waals surface area contributed by atoms with Crippen molar-refractivity contribution in [2.45, 2.75) is 19.3 Å². The van der Waals surface area contributed by atoms with Crippen molar-refractivity contribution in [3.63, 3.8) is 0 Å². The second-order valence-corrected chi connectivity index (χ2v) is 5.67. The second kappa shape index (κ2) is 5.10. The van der Waals surface area contributed by atoms with Gasteiger partial charge in [0.1, 0.15) is 10.9 Å². The van der Waals surface area contributed by atoms with Crippen LogP contribution in [0.3, 0.4) is 0 Å². The predicted molar refractivity (Wildman–Crippen MR) is 78.8 cm³/mol. The summed E-state index contributed by atoms with van der Waals surface area (Å²) in [4.78, 5) is 9.06. The molecule has 0 amide bonds. The number of ether oxygens (including phenoxy) is 1. The number of hydrogen-bond acceptors (Lipinski definition) is 3. The summed E-state index contributed by atoms with van der Waals surface area (Å²) in [7, 11) is 1.64. The maximum absolute atomic E-state index is 6.25. The third-order valence-corrected chi connectivity index (χ3v) is 4.30. The number of hydrogen-bond donors (Lipinski definition) is 0. The smallest absolute Gasteiger partial charge is 0.162 e. The minimum absolute atomic E-state index is 0.576. The number of halogens is 2. The molecule has 1 heterocycles. The molecule has 0 atom stereocenters. The zero-order chi connectivity index (χ0) is 13.4. The molecule has 3 rings (SSSR count). The number of nitrogens with zero attached hydrogens (tertiary/aromatic N) is 2. The highest BCUT2D eigenvalue weighted by Gasteiger charge is 2.19. The lowest BCUT2D eigenvalue weighted by atomic mass is 10.2. The van der Waals surface area contributed by atoms with Gasteiger partial charge in [0, 0.05) is 21.3 Å². The summed E-state index contributed by atoms with van der Waals surface area (Å²) in [6.07, 6.45) is 3.06. The third-order valence-electron chi connectivity index (χ3n) is 3.30. The Morgan fingerprint density at radius 2 is 2.11 bits per heavy atom. The first-order chi connectivity index (χ1) is 9.19. The van der Waals surface area contributed by atoms with E-state index in [1.807, 2.05) is 18.2 Å². The van der Waals surface area contributed by atoms with Crippen LogP contribution >= 0.6 is 27.5 Å². The van der Waals surface area contributed by atoms with E-state index in [1.54, 1.807) is 7.11 Å². The molecule has 2 aromatic rings. The third kappa shape index (κ3) is 2.35. The summed E-state index contributed by atoms with van der Waals surface area (Å²) >= 11 is 9.78. The molecule has 0 radical (unpaired) electrons. The van der Waals surface area contributed by atoms with Crippen molar-refractivity contribution in [2.75, 3.05) is 7.11 Å². The van der Waals surface area contributed by atoms with Crippen LogP contribution in [0.15, 0.2) is 22.7 Å². The second-order valence-electron chi connectivity index (χ2n) is 4.46. The van der Waals surface area contributed by atoms with Crippen LogP contribution in [0.2, 0.25) is 5.15 Å². The Morgan fingerprint density at radius 1 is 1.26 bits per heavy atom. The molecule has 0 saturated carbocycles. The van der Waals surface area contributed by atoms with Crippen molar-refractivity contribution >= 4 is 27.5 Å². The van der Waals surface area contributed by atoms with E-state index in [1.165, 1.54) is 0 Å². The normalized spacial score (nSPS) is 13.4. The Morgan fingerprint density at radius 3 is 2.89 bits per heavy atom. The molecule has 0 unspecified atom stereocenters. The van der Waals surface area contributed by atoms with Gasteiger partial charge in [-0.15, -0.1) is 0 Å². The molecule has 1 aromatic carbocycles. The average molecular weight is 340 g/mol. The molecule has 1 aromatic heterocycles. The average Bonchev–Trinajstić information content (AvgIpc) is 2.88. The summed E-state index contributed by atoms with van der Waals surface area (Å²) in [6, 6.07) is 5.73. The highest BCUT2D eigenvalue weighted by molar-refractivity contribution is 9.10. The number of benzene rings is 1. The molecule has 5 heteroatoms. The van der Waals surface area contributed by atoms with Gasteiger partial charge in [0.15, 0.2) is 5.82 Å². The topological polar surface area (TPSA) is 35.0 Å². The van der Waals surface area contributed by atoms with E-state index < -0.39 is 0 Å². The summed E-state index contributed by atoms with van der Waals surface area (Å²) < 4.78 is 6.18. The van der Waals surface area contributed by atoms with Gasteiger partial charge in [0.05, 0.1) is 7.11 Å². The highest BCUT2D eigenvalue weighted by Crippen LogP contribution is 2.33. The number of fused-ring (bicyclic) bond motifs is 1. The zero-order valence-corrected chi connectivity index (χ0v) is 12.8. The van der Waals surface area contributed by atoms with Crippen molar-refractivity contribution in [1.82, 2.24) is 9.97 Å². The van der Waals surface area contributed by atoms with Gasteiger partial charge in [-0.05, 0) is 37.5 Å². The number of aryl methyl sites for hydroxylation is 1. The molecule has 0 bridgehead atoms. The van der Waals surface area contributed by atoms with Crippen LogP contribution in [0, 0.1) is 0 Å². The van der Waals surface area contributed by atoms with Crippen molar-refractivity contribution in [3.05, 3.63) is 39.1 Å². The Balaban J connectivity index is 2.14. The van der Waals surface area contributed by atoms with E-state index in [-0.39, 0.29) is 0 Å². The standard InChI is InChI=1S/C14H12BrClN2O/c1-19-8-5-6-11(15)10(7-8)14-17-12-4-2-3-9(12)13(16)18-14/h5-7H,2-4H2,1H3. The summed E-state index contributed by atoms with van der Waals surface area (Å²) in [6.45, 7) is 0. The summed E-state index contributed by atoms with van der Waals surface area (Å²) in [5.74, 6) is 1.43. The number of methoxy groups -OCH3 is 1. The predicted octanol–water partition coefficient (Wildman–Crippen LogP) is 4.06. The Labute approximate surface area is 125 Å². The van der Waals surface area contributed by atoms with Crippen LogP contribution in [0.4, 0.5) is 0 Å². The molecule has 1 aliphatic rings. The van der Waals surface area contributed by atoms with Gasteiger partial charge in [0.25, 0.3) is 0 Å². The summed E-state index contributed by atoms with van der Waals surface area (Å²) in [5.41, 5.74) is 3.07. The first-order valence-corrected chi connectivity index (χ1v) is 7.25. The first-order valence-electron chi connectivity index (χ1n) is 6.08. The van der Waals surface area contributed by atoms with Gasteiger partial charge in [-0.25, -0.2) is 9.97 Å². The molecular formula is C14H12BrClN2O. The van der Waals surface area contributed by atoms with Crippen LogP contribution in [0.1, 0.15) is 17.7 Å². The maximum atomic E-state index is 6.25. The van der Waals surface area contributed by atoms with Crippen LogP contribution in [-0.2, 0) is 12.8 Å². The number of rotatable bonds is 2. The van der Waals surface area contributed by atoms with Gasteiger partial charge < -0.3 is 4.74 Å². The number of aromatic nitrogens is 2. The van der Waals surface area contributed by atoms with Crippen molar-refractivity contribution in [3.8, 4) is 17.1 Å². The molecule has 19 heavy (non-hydrogen) atoms. The van der Waals surface area contributed by atoms with Crippen molar-refractivity contribution in [2.24, 2.45) is 0 Å². The molecular weight excluding hydrogens is 328 g/mol. The van der Waals surface area contributed by atoms with Crippen molar-refractivity contribution in [1.29, 1.82) is 0 Å². The van der Waals surface area contributed by atoms with E-state index >= 15 is 0 Å². The Kier molecular flexibility index (Phi) is 3.46. The van der Waals surface area contributed by atoms with Gasteiger partial charge in [-0.3, -0.25) is 0 Å². The van der Waals surface area contributed by atoms with E-state index in [4.69, 9.17) is 16.3 Å². The molecule has 0 spiro atoms. The van der Waals surface area contributed by atoms with Gasteiger partial charge in [-0.2, -0.15) is 0 Å². The van der Waals surface area contributed by atoms with Crippen LogP contribution in [-0.4, -0.2) is 17.1 Å². The Hall–Kier alpha value is -1.13. The van der Waals surface area contributed by atoms with Gasteiger partial charge >= 0.3 is 0 Å². The first kappa shape index (κ1) is 12.9. The molecule has 0 N–H and O–H groups in total. The molecule has 98 valence electrons. The molecule has 0 fully saturated rings. The largest absolute Gasteiger partial charge is 0.497 e. The molecule has 3 nitrogen and oxygen atoms in total. The van der Waals surface area contributed by atoms with Gasteiger partial charge in [0.2, 0.25) is 0 Å². The summed E-state index contributed by atoms with van der Waals surface area (Å²) in [5, 5.41) is 0.576. The molecule has 0 saturated heterocycles. The van der Waals surface area contributed by atoms with Crippen LogP contribution < -0.4 is 4.74 Å². The van der Waals surface area contributed by atoms with Gasteiger partial charge in [-0.1, -0.05) is 27.5 Å². The quantitative estimate of drug-likeness (QED) is 0.774. The van der Waals surface area contributed by atoms with E-state index in [0.717, 1.165) is 46.3 Å². The minimum Gasteiger partial charge on any atom is -0.497 e. The van der Waals surface area contributed by atoms with Crippen molar-refractivity contribution < 1.29 is 4.74 Å². The van der Waals surface area contributed by atoms with E-state index in [2.05, 4.69) is 25.9 Å². The lowest BCUT2D eigenvalue weighted by molar-refractivity contribution is 0.415. The van der Waals surface area contributed by atoms with Crippen LogP contribution in [0.5, 0.6) is 5.75 Å². The van der Waals surface area contributed by atoms with E-state index in [9.17, 15) is 0 Å². The SMILES string of the molecule is COc1ccc(Br)c(-c2nc(Cl)c3c(n2)CCC3)c1.